The second kappa shape index (κ2) is 9.27. The van der Waals surface area contributed by atoms with E-state index in [1.165, 1.54) is 4.90 Å². The predicted molar refractivity (Wildman–Crippen MR) is 117 cm³/mol. The van der Waals surface area contributed by atoms with Gasteiger partial charge in [0.05, 0.1) is 0 Å². The topological polar surface area (TPSA) is 58.6 Å². The summed E-state index contributed by atoms with van der Waals surface area (Å²) >= 11 is 0. The highest BCUT2D eigenvalue weighted by Crippen LogP contribution is 2.23. The van der Waals surface area contributed by atoms with Crippen LogP contribution in [-0.2, 0) is 16.1 Å². The minimum Gasteiger partial charge on any atom is -0.445 e. The van der Waals surface area contributed by atoms with E-state index in [0.717, 1.165) is 23.1 Å². The number of hydrogen-bond acceptors (Lipinski definition) is 3. The summed E-state index contributed by atoms with van der Waals surface area (Å²) in [6.07, 6.45) is 0.968. The van der Waals surface area contributed by atoms with Gasteiger partial charge in [-0.15, -0.1) is 0 Å². The fourth-order valence-electron chi connectivity index (χ4n) is 3.66. The van der Waals surface area contributed by atoms with Crippen molar-refractivity contribution in [2.24, 2.45) is 0 Å². The minimum atomic E-state index is -0.512. The summed E-state index contributed by atoms with van der Waals surface area (Å²) in [6, 6.07) is 26.8. The first kappa shape index (κ1) is 19.7. The number of anilines is 1. The van der Waals surface area contributed by atoms with Gasteiger partial charge in [0.2, 0.25) is 5.91 Å². The number of hydrogen-bond donors (Lipinski definition) is 1. The summed E-state index contributed by atoms with van der Waals surface area (Å²) in [5.74, 6) is -0.184. The van der Waals surface area contributed by atoms with Crippen LogP contribution < -0.4 is 5.32 Å². The third-order valence-corrected chi connectivity index (χ3v) is 5.25. The molecule has 1 N–H and O–H groups in total. The van der Waals surface area contributed by atoms with Crippen molar-refractivity contribution in [1.82, 2.24) is 4.90 Å². The van der Waals surface area contributed by atoms with Crippen LogP contribution in [0.4, 0.5) is 10.5 Å². The number of carbonyl (C=O) groups is 2. The largest absolute Gasteiger partial charge is 0.445 e. The van der Waals surface area contributed by atoms with Crippen LogP contribution in [0.3, 0.4) is 0 Å². The average molecular weight is 400 g/mol. The Kier molecular flexibility index (Phi) is 6.09. The number of ether oxygens (including phenoxy) is 1. The molecule has 5 heteroatoms. The SMILES string of the molecule is O=C(Nc1ccc(-c2ccccc2)cc1)[C@@H]1CCCN1C(=O)OCc1ccccc1. The Morgan fingerprint density at radius 2 is 1.50 bits per heavy atom. The third-order valence-electron chi connectivity index (χ3n) is 5.25. The number of carbonyl (C=O) groups excluding carboxylic acids is 2. The van der Waals surface area contributed by atoms with Crippen molar-refractivity contribution in [2.45, 2.75) is 25.5 Å². The Morgan fingerprint density at radius 1 is 0.867 bits per heavy atom. The average Bonchev–Trinajstić information content (AvgIpc) is 3.30. The maximum atomic E-state index is 12.8. The maximum absolute atomic E-state index is 12.8. The lowest BCUT2D eigenvalue weighted by molar-refractivity contribution is -0.120. The van der Waals surface area contributed by atoms with Gasteiger partial charge in [0.15, 0.2) is 0 Å². The first-order valence-electron chi connectivity index (χ1n) is 10.1. The zero-order valence-corrected chi connectivity index (χ0v) is 16.7. The Labute approximate surface area is 176 Å². The number of likely N-dealkylation sites (tertiary alicyclic amines) is 1. The minimum absolute atomic E-state index is 0.184. The number of rotatable bonds is 5. The van der Waals surface area contributed by atoms with Gasteiger partial charge in [-0.3, -0.25) is 9.69 Å². The monoisotopic (exact) mass is 400 g/mol. The van der Waals surface area contributed by atoms with Crippen molar-refractivity contribution in [3.05, 3.63) is 90.5 Å². The molecule has 1 fully saturated rings. The van der Waals surface area contributed by atoms with E-state index in [9.17, 15) is 9.59 Å². The van der Waals surface area contributed by atoms with Gasteiger partial charge in [-0.25, -0.2) is 4.79 Å². The summed E-state index contributed by atoms with van der Waals surface area (Å²) in [7, 11) is 0. The Balaban J connectivity index is 1.35. The van der Waals surface area contributed by atoms with Crippen LogP contribution in [0.2, 0.25) is 0 Å². The number of nitrogens with zero attached hydrogens (tertiary/aromatic N) is 1. The molecule has 1 saturated heterocycles. The summed E-state index contributed by atoms with van der Waals surface area (Å²) in [5.41, 5.74) is 3.84. The fourth-order valence-corrected chi connectivity index (χ4v) is 3.66. The lowest BCUT2D eigenvalue weighted by atomic mass is 10.1. The molecule has 0 bridgehead atoms. The van der Waals surface area contributed by atoms with Crippen LogP contribution in [-0.4, -0.2) is 29.5 Å². The molecule has 0 unspecified atom stereocenters. The van der Waals surface area contributed by atoms with E-state index in [1.807, 2.05) is 84.9 Å². The summed E-state index contributed by atoms with van der Waals surface area (Å²) in [5, 5.41) is 2.93. The molecule has 0 aromatic heterocycles. The van der Waals surface area contributed by atoms with Crippen LogP contribution >= 0.6 is 0 Å². The lowest BCUT2D eigenvalue weighted by Crippen LogP contribution is -2.43. The quantitative estimate of drug-likeness (QED) is 0.649. The third kappa shape index (κ3) is 4.69. The normalized spacial score (nSPS) is 15.6. The fraction of sp³-hybridized carbons (Fsp3) is 0.200. The Morgan fingerprint density at radius 3 is 2.20 bits per heavy atom. The molecule has 2 amide bonds. The standard InChI is InChI=1S/C25H24N2O3/c28-24(26-22-15-13-21(14-16-22)20-10-5-2-6-11-20)23-12-7-17-27(23)25(29)30-18-19-8-3-1-4-9-19/h1-6,8-11,13-16,23H,7,12,17-18H2,(H,26,28)/t23-/m0/s1. The van der Waals surface area contributed by atoms with Crippen molar-refractivity contribution in [3.8, 4) is 11.1 Å². The van der Waals surface area contributed by atoms with Gasteiger partial charge in [-0.2, -0.15) is 0 Å². The van der Waals surface area contributed by atoms with Crippen LogP contribution in [0.15, 0.2) is 84.9 Å². The number of amides is 2. The first-order chi connectivity index (χ1) is 14.7. The molecule has 1 aliphatic rings. The number of benzene rings is 3. The molecule has 0 radical (unpaired) electrons. The smallest absolute Gasteiger partial charge is 0.410 e. The Hall–Kier alpha value is -3.60. The second-order valence-electron chi connectivity index (χ2n) is 7.32. The molecule has 0 aliphatic carbocycles. The van der Waals surface area contributed by atoms with Crippen LogP contribution in [0.5, 0.6) is 0 Å². The summed E-state index contributed by atoms with van der Waals surface area (Å²) in [4.78, 5) is 26.8. The second-order valence-corrected chi connectivity index (χ2v) is 7.32. The molecule has 5 nitrogen and oxygen atoms in total. The molecule has 30 heavy (non-hydrogen) atoms. The van der Waals surface area contributed by atoms with Gasteiger partial charge in [0.25, 0.3) is 0 Å². The summed E-state index contributed by atoms with van der Waals surface area (Å²) < 4.78 is 5.41. The van der Waals surface area contributed by atoms with Gasteiger partial charge in [0.1, 0.15) is 12.6 Å². The molecule has 1 atom stereocenters. The predicted octanol–water partition coefficient (Wildman–Crippen LogP) is 5.09. The maximum Gasteiger partial charge on any atom is 0.410 e. The molecule has 0 saturated carbocycles. The lowest BCUT2D eigenvalue weighted by Gasteiger charge is -2.23. The van der Waals surface area contributed by atoms with Gasteiger partial charge < -0.3 is 10.1 Å². The van der Waals surface area contributed by atoms with Crippen molar-refractivity contribution in [3.63, 3.8) is 0 Å². The highest BCUT2D eigenvalue weighted by Gasteiger charge is 2.35. The van der Waals surface area contributed by atoms with E-state index in [1.54, 1.807) is 0 Å². The molecule has 0 spiro atoms. The molecular weight excluding hydrogens is 376 g/mol. The number of nitrogens with one attached hydrogen (secondary N) is 1. The van der Waals surface area contributed by atoms with E-state index < -0.39 is 12.1 Å². The molecule has 1 aliphatic heterocycles. The highest BCUT2D eigenvalue weighted by atomic mass is 16.6. The zero-order chi connectivity index (χ0) is 20.8. The molecule has 3 aromatic rings. The van der Waals surface area contributed by atoms with Crippen LogP contribution in [0.1, 0.15) is 18.4 Å². The molecular formula is C25H24N2O3. The van der Waals surface area contributed by atoms with E-state index in [-0.39, 0.29) is 12.5 Å². The Bertz CT molecular complexity index is 988. The van der Waals surface area contributed by atoms with Crippen LogP contribution in [0, 0.1) is 0 Å². The van der Waals surface area contributed by atoms with Gasteiger partial charge in [-0.05, 0) is 41.7 Å². The van der Waals surface area contributed by atoms with E-state index >= 15 is 0 Å². The van der Waals surface area contributed by atoms with Gasteiger partial charge in [0, 0.05) is 12.2 Å². The molecule has 3 aromatic carbocycles. The highest BCUT2D eigenvalue weighted by molar-refractivity contribution is 5.97. The van der Waals surface area contributed by atoms with E-state index in [0.29, 0.717) is 18.7 Å². The van der Waals surface area contributed by atoms with E-state index in [2.05, 4.69) is 5.32 Å². The van der Waals surface area contributed by atoms with Gasteiger partial charge in [-0.1, -0.05) is 72.8 Å². The first-order valence-corrected chi connectivity index (χ1v) is 10.1. The molecule has 1 heterocycles. The zero-order valence-electron chi connectivity index (χ0n) is 16.7. The van der Waals surface area contributed by atoms with Crippen molar-refractivity contribution in [1.29, 1.82) is 0 Å². The van der Waals surface area contributed by atoms with Crippen molar-refractivity contribution < 1.29 is 14.3 Å². The summed E-state index contributed by atoms with van der Waals surface area (Å²) in [6.45, 7) is 0.726. The van der Waals surface area contributed by atoms with Crippen LogP contribution in [0.25, 0.3) is 11.1 Å². The molecule has 152 valence electrons. The van der Waals surface area contributed by atoms with E-state index in [4.69, 9.17) is 4.74 Å². The van der Waals surface area contributed by atoms with Crippen molar-refractivity contribution in [2.75, 3.05) is 11.9 Å². The molecule has 4 rings (SSSR count). The van der Waals surface area contributed by atoms with Gasteiger partial charge >= 0.3 is 6.09 Å². The van der Waals surface area contributed by atoms with Crippen molar-refractivity contribution >= 4 is 17.7 Å².